The molecule has 102 valence electrons. The Balaban J connectivity index is 2.04. The van der Waals surface area contributed by atoms with Gasteiger partial charge in [0.15, 0.2) is 0 Å². The zero-order valence-corrected chi connectivity index (χ0v) is 11.6. The number of likely N-dealkylation sites (N-methyl/N-ethyl adjacent to an activating group) is 1. The number of hydrogen-bond acceptors (Lipinski definition) is 3. The summed E-state index contributed by atoms with van der Waals surface area (Å²) < 4.78 is 0. The molecule has 0 spiro atoms. The van der Waals surface area contributed by atoms with E-state index in [2.05, 4.69) is 9.97 Å². The molecule has 0 aliphatic heterocycles. The van der Waals surface area contributed by atoms with Gasteiger partial charge >= 0.3 is 0 Å². The number of pyridine rings is 2. The van der Waals surface area contributed by atoms with Crippen molar-refractivity contribution in [3.05, 3.63) is 66.3 Å². The number of amides is 1. The molecule has 0 saturated carbocycles. The van der Waals surface area contributed by atoms with Gasteiger partial charge < -0.3 is 4.90 Å². The summed E-state index contributed by atoms with van der Waals surface area (Å²) in [5, 5.41) is 0. The highest BCUT2D eigenvalue weighted by Gasteiger charge is 2.15. The highest BCUT2D eigenvalue weighted by Crippen LogP contribution is 2.17. The van der Waals surface area contributed by atoms with Crippen molar-refractivity contribution in [2.45, 2.75) is 13.0 Å². The normalized spacial score (nSPS) is 12.3. The molecule has 2 aromatic heterocycles. The average Bonchev–Trinajstić information content (AvgIpc) is 2.53. The second-order valence-corrected chi connectivity index (χ2v) is 4.50. The van der Waals surface area contributed by atoms with Gasteiger partial charge in [0.25, 0.3) is 0 Å². The summed E-state index contributed by atoms with van der Waals surface area (Å²) in [6, 6.07) is 9.39. The second kappa shape index (κ2) is 6.61. The lowest BCUT2D eigenvalue weighted by molar-refractivity contribution is -0.126. The number of nitrogens with zero attached hydrogens (tertiary/aromatic N) is 3. The number of aromatic nitrogens is 2. The molecule has 2 aromatic rings. The number of carbonyl (C=O) groups excluding carboxylic acids is 1. The highest BCUT2D eigenvalue weighted by molar-refractivity contribution is 5.91. The zero-order chi connectivity index (χ0) is 14.4. The molecule has 2 rings (SSSR count). The first kappa shape index (κ1) is 13.9. The van der Waals surface area contributed by atoms with Gasteiger partial charge in [-0.15, -0.1) is 0 Å². The summed E-state index contributed by atoms with van der Waals surface area (Å²) in [5.74, 6) is -0.0630. The van der Waals surface area contributed by atoms with Gasteiger partial charge in [-0.3, -0.25) is 14.8 Å². The van der Waals surface area contributed by atoms with Crippen molar-refractivity contribution in [1.82, 2.24) is 14.9 Å². The monoisotopic (exact) mass is 267 g/mol. The van der Waals surface area contributed by atoms with E-state index in [1.54, 1.807) is 36.6 Å². The van der Waals surface area contributed by atoms with Crippen LogP contribution < -0.4 is 0 Å². The lowest BCUT2D eigenvalue weighted by Crippen LogP contribution is -2.28. The molecular formula is C16H17N3O. The maximum absolute atomic E-state index is 12.1. The smallest absolute Gasteiger partial charge is 0.246 e. The Kier molecular flexibility index (Phi) is 4.60. The minimum Gasteiger partial charge on any atom is -0.335 e. The standard InChI is InChI=1S/C16H17N3O/c1-13(14-6-5-10-17-12-14)19(2)16(20)9-8-15-7-3-4-11-18-15/h3-13H,1-2H3. The first-order chi connectivity index (χ1) is 9.68. The fourth-order valence-corrected chi connectivity index (χ4v) is 1.79. The van der Waals surface area contributed by atoms with Crippen LogP contribution in [0.15, 0.2) is 55.0 Å². The largest absolute Gasteiger partial charge is 0.335 e. The number of hydrogen-bond donors (Lipinski definition) is 0. The quantitative estimate of drug-likeness (QED) is 0.800. The third-order valence-electron chi connectivity index (χ3n) is 3.18. The summed E-state index contributed by atoms with van der Waals surface area (Å²) in [7, 11) is 1.78. The Labute approximate surface area is 118 Å². The van der Waals surface area contributed by atoms with E-state index >= 15 is 0 Å². The molecule has 1 amide bonds. The fourth-order valence-electron chi connectivity index (χ4n) is 1.79. The molecule has 4 heteroatoms. The van der Waals surface area contributed by atoms with Crippen LogP contribution in [0.2, 0.25) is 0 Å². The Hall–Kier alpha value is -2.49. The molecular weight excluding hydrogens is 250 g/mol. The summed E-state index contributed by atoms with van der Waals surface area (Å²) >= 11 is 0. The van der Waals surface area contributed by atoms with Gasteiger partial charge in [0, 0.05) is 31.7 Å². The molecule has 0 N–H and O–H groups in total. The van der Waals surface area contributed by atoms with Gasteiger partial charge in [-0.05, 0) is 36.8 Å². The van der Waals surface area contributed by atoms with Crippen molar-refractivity contribution < 1.29 is 4.79 Å². The van der Waals surface area contributed by atoms with Crippen molar-refractivity contribution in [3.8, 4) is 0 Å². The lowest BCUT2D eigenvalue weighted by Gasteiger charge is -2.23. The predicted molar refractivity (Wildman–Crippen MR) is 78.7 cm³/mol. The third kappa shape index (κ3) is 3.51. The van der Waals surface area contributed by atoms with Crippen LogP contribution in [-0.2, 0) is 4.79 Å². The van der Waals surface area contributed by atoms with Crippen molar-refractivity contribution in [2.75, 3.05) is 7.05 Å². The van der Waals surface area contributed by atoms with E-state index in [0.29, 0.717) is 0 Å². The number of carbonyl (C=O) groups is 1. The van der Waals surface area contributed by atoms with Crippen molar-refractivity contribution >= 4 is 12.0 Å². The van der Waals surface area contributed by atoms with Crippen molar-refractivity contribution in [3.63, 3.8) is 0 Å². The molecule has 0 aromatic carbocycles. The molecule has 4 nitrogen and oxygen atoms in total. The van der Waals surface area contributed by atoms with E-state index in [4.69, 9.17) is 0 Å². The molecule has 20 heavy (non-hydrogen) atoms. The molecule has 0 fully saturated rings. The molecule has 0 radical (unpaired) electrons. The van der Waals surface area contributed by atoms with Crippen molar-refractivity contribution in [1.29, 1.82) is 0 Å². The highest BCUT2D eigenvalue weighted by atomic mass is 16.2. The molecule has 1 atom stereocenters. The molecule has 2 heterocycles. The van der Waals surface area contributed by atoms with Crippen LogP contribution in [0.25, 0.3) is 6.08 Å². The van der Waals surface area contributed by atoms with Crippen LogP contribution in [-0.4, -0.2) is 27.8 Å². The van der Waals surface area contributed by atoms with Crippen LogP contribution in [0.1, 0.15) is 24.2 Å². The SMILES string of the molecule is CC(c1cccnc1)N(C)C(=O)C=Cc1ccccn1. The van der Waals surface area contributed by atoms with Crippen LogP contribution in [0.4, 0.5) is 0 Å². The Morgan fingerprint density at radius 3 is 2.75 bits per heavy atom. The van der Waals surface area contributed by atoms with E-state index in [1.807, 2.05) is 37.3 Å². The fraction of sp³-hybridized carbons (Fsp3) is 0.188. The minimum atomic E-state index is -0.0630. The van der Waals surface area contributed by atoms with Gasteiger partial charge in [-0.25, -0.2) is 0 Å². The topological polar surface area (TPSA) is 46.1 Å². The summed E-state index contributed by atoms with van der Waals surface area (Å²) in [6.07, 6.45) is 8.45. The van der Waals surface area contributed by atoms with Gasteiger partial charge in [0.05, 0.1) is 11.7 Å². The Morgan fingerprint density at radius 2 is 2.10 bits per heavy atom. The van der Waals surface area contributed by atoms with Gasteiger partial charge in [-0.2, -0.15) is 0 Å². The Bertz CT molecular complexity index is 581. The zero-order valence-electron chi connectivity index (χ0n) is 11.6. The van der Waals surface area contributed by atoms with E-state index in [0.717, 1.165) is 11.3 Å². The van der Waals surface area contributed by atoms with E-state index in [-0.39, 0.29) is 11.9 Å². The van der Waals surface area contributed by atoms with Crippen LogP contribution in [0.5, 0.6) is 0 Å². The van der Waals surface area contributed by atoms with E-state index in [1.165, 1.54) is 6.08 Å². The maximum Gasteiger partial charge on any atom is 0.246 e. The average molecular weight is 267 g/mol. The minimum absolute atomic E-state index is 0.0235. The van der Waals surface area contributed by atoms with Gasteiger partial charge in [0.1, 0.15) is 0 Å². The van der Waals surface area contributed by atoms with E-state index < -0.39 is 0 Å². The van der Waals surface area contributed by atoms with Crippen molar-refractivity contribution in [2.24, 2.45) is 0 Å². The molecule has 0 bridgehead atoms. The van der Waals surface area contributed by atoms with E-state index in [9.17, 15) is 4.79 Å². The molecule has 0 aliphatic rings. The van der Waals surface area contributed by atoms with Gasteiger partial charge in [0.2, 0.25) is 5.91 Å². The first-order valence-corrected chi connectivity index (χ1v) is 6.44. The lowest BCUT2D eigenvalue weighted by atomic mass is 10.1. The molecule has 0 saturated heterocycles. The van der Waals surface area contributed by atoms with Crippen LogP contribution >= 0.6 is 0 Å². The van der Waals surface area contributed by atoms with Crippen LogP contribution in [0, 0.1) is 0 Å². The Morgan fingerprint density at radius 1 is 1.25 bits per heavy atom. The third-order valence-corrected chi connectivity index (χ3v) is 3.18. The summed E-state index contributed by atoms with van der Waals surface area (Å²) in [5.41, 5.74) is 1.78. The first-order valence-electron chi connectivity index (χ1n) is 6.44. The number of rotatable bonds is 4. The van der Waals surface area contributed by atoms with Crippen LogP contribution in [0.3, 0.4) is 0 Å². The molecule has 0 aliphatic carbocycles. The summed E-state index contributed by atoms with van der Waals surface area (Å²) in [6.45, 7) is 1.98. The molecule has 1 unspecified atom stereocenters. The summed E-state index contributed by atoms with van der Waals surface area (Å²) in [4.78, 5) is 22.0. The predicted octanol–water partition coefficient (Wildman–Crippen LogP) is 2.71. The maximum atomic E-state index is 12.1. The van der Waals surface area contributed by atoms with Gasteiger partial charge in [-0.1, -0.05) is 12.1 Å². The second-order valence-electron chi connectivity index (χ2n) is 4.50.